The number of ether oxygens (including phenoxy) is 1. The summed E-state index contributed by atoms with van der Waals surface area (Å²) in [6.07, 6.45) is 4.41. The van der Waals surface area contributed by atoms with Crippen LogP contribution in [0.2, 0.25) is 0 Å². The van der Waals surface area contributed by atoms with Crippen molar-refractivity contribution in [2.24, 2.45) is 0 Å². The number of nitrogens with zero attached hydrogens (tertiary/aromatic N) is 1. The van der Waals surface area contributed by atoms with Gasteiger partial charge in [-0.3, -0.25) is 4.79 Å². The van der Waals surface area contributed by atoms with E-state index in [4.69, 9.17) is 4.74 Å². The normalized spacial score (nSPS) is 19.4. The molecule has 0 bridgehead atoms. The van der Waals surface area contributed by atoms with Gasteiger partial charge >= 0.3 is 0 Å². The number of aromatic nitrogens is 1. The van der Waals surface area contributed by atoms with Crippen LogP contribution in [0.3, 0.4) is 0 Å². The highest BCUT2D eigenvalue weighted by Gasteiger charge is 2.25. The van der Waals surface area contributed by atoms with Crippen molar-refractivity contribution in [1.29, 1.82) is 0 Å². The monoisotopic (exact) mass is 406 g/mol. The molecule has 1 amide bonds. The van der Waals surface area contributed by atoms with E-state index in [9.17, 15) is 4.79 Å². The van der Waals surface area contributed by atoms with Crippen LogP contribution < -0.4 is 5.32 Å². The van der Waals surface area contributed by atoms with Gasteiger partial charge < -0.3 is 14.6 Å². The van der Waals surface area contributed by atoms with Crippen molar-refractivity contribution < 1.29 is 9.53 Å². The summed E-state index contributed by atoms with van der Waals surface area (Å²) in [6.45, 7) is 3.76. The van der Waals surface area contributed by atoms with Gasteiger partial charge in [0.05, 0.1) is 0 Å². The maximum atomic E-state index is 11.3. The molecule has 2 saturated heterocycles. The molecule has 1 aromatic heterocycles. The van der Waals surface area contributed by atoms with Gasteiger partial charge in [-0.25, -0.2) is 0 Å². The molecule has 0 aliphatic carbocycles. The van der Waals surface area contributed by atoms with E-state index in [0.717, 1.165) is 31.6 Å². The molecular weight excluding hydrogens is 380 g/mol. The summed E-state index contributed by atoms with van der Waals surface area (Å²) in [7, 11) is 0. The quantitative estimate of drug-likeness (QED) is 0.601. The number of hydrogen-bond donors (Lipinski definition) is 1. The number of amides is 1. The smallest absolute Gasteiger partial charge is 0.217 e. The molecule has 2 aliphatic rings. The molecule has 3 aromatic rings. The van der Waals surface area contributed by atoms with Crippen LogP contribution in [0.4, 0.5) is 0 Å². The van der Waals surface area contributed by atoms with E-state index in [1.54, 1.807) is 6.92 Å². The van der Waals surface area contributed by atoms with Gasteiger partial charge in [-0.15, -0.1) is 0 Å². The van der Waals surface area contributed by atoms with Gasteiger partial charge in [-0.05, 0) is 41.7 Å². The Labute approximate surface area is 175 Å². The molecule has 5 heteroatoms. The third kappa shape index (κ3) is 3.94. The van der Waals surface area contributed by atoms with Gasteiger partial charge in [0.25, 0.3) is 0 Å². The van der Waals surface area contributed by atoms with Crippen molar-refractivity contribution in [3.8, 4) is 11.1 Å². The summed E-state index contributed by atoms with van der Waals surface area (Å²) < 4.78 is 8.05. The Hall–Kier alpha value is -2.24. The van der Waals surface area contributed by atoms with Gasteiger partial charge in [-0.2, -0.15) is 11.8 Å². The van der Waals surface area contributed by atoms with E-state index in [2.05, 4.69) is 58.5 Å². The van der Waals surface area contributed by atoms with E-state index >= 15 is 0 Å². The minimum atomic E-state index is 0.000332. The Morgan fingerprint density at radius 3 is 2.79 bits per heavy atom. The van der Waals surface area contributed by atoms with Crippen LogP contribution in [0.25, 0.3) is 22.0 Å². The largest absolute Gasteiger partial charge is 0.381 e. The number of benzene rings is 2. The molecule has 150 valence electrons. The fraction of sp³-hybridized carbons (Fsp3) is 0.375. The third-order valence-corrected chi connectivity index (χ3v) is 6.87. The molecule has 1 N–H and O–H groups in total. The molecule has 5 rings (SSSR count). The lowest BCUT2D eigenvalue weighted by Gasteiger charge is -2.24. The minimum absolute atomic E-state index is 0.000332. The van der Waals surface area contributed by atoms with Crippen LogP contribution in [0, 0.1) is 0 Å². The Balaban J connectivity index is 1.59. The van der Waals surface area contributed by atoms with Crippen LogP contribution in [-0.2, 0) is 16.1 Å². The maximum Gasteiger partial charge on any atom is 0.217 e. The first-order valence-electron chi connectivity index (χ1n) is 10.4. The molecule has 4 nitrogen and oxygen atoms in total. The van der Waals surface area contributed by atoms with Crippen LogP contribution >= 0.6 is 11.8 Å². The predicted molar refractivity (Wildman–Crippen MR) is 119 cm³/mol. The highest BCUT2D eigenvalue weighted by atomic mass is 32.2. The first kappa shape index (κ1) is 18.8. The molecule has 3 heterocycles. The first-order valence-corrected chi connectivity index (χ1v) is 11.4. The zero-order valence-corrected chi connectivity index (χ0v) is 17.5. The van der Waals surface area contributed by atoms with Crippen molar-refractivity contribution in [1.82, 2.24) is 9.88 Å². The Morgan fingerprint density at radius 2 is 2.03 bits per heavy atom. The van der Waals surface area contributed by atoms with Crippen molar-refractivity contribution in [2.45, 2.75) is 37.6 Å². The zero-order valence-electron chi connectivity index (χ0n) is 16.7. The Morgan fingerprint density at radius 1 is 1.21 bits per heavy atom. The second kappa shape index (κ2) is 7.88. The molecule has 2 aromatic carbocycles. The number of thioether (sulfide) groups is 1. The summed E-state index contributed by atoms with van der Waals surface area (Å²) >= 11 is 2.01. The highest BCUT2D eigenvalue weighted by Crippen LogP contribution is 2.47. The Bertz CT molecular complexity index is 1050. The number of carbonyl (C=O) groups is 1. The van der Waals surface area contributed by atoms with Crippen molar-refractivity contribution in [2.75, 3.05) is 19.0 Å². The van der Waals surface area contributed by atoms with Crippen LogP contribution in [-0.4, -0.2) is 29.4 Å². The van der Waals surface area contributed by atoms with Gasteiger partial charge in [0.2, 0.25) is 5.91 Å². The lowest BCUT2D eigenvalue weighted by molar-refractivity contribution is -0.119. The third-order valence-electron chi connectivity index (χ3n) is 5.93. The number of nitrogens with one attached hydrogen (secondary N) is 1. The van der Waals surface area contributed by atoms with Crippen LogP contribution in [0.5, 0.6) is 0 Å². The molecule has 0 radical (unpaired) electrons. The highest BCUT2D eigenvalue weighted by molar-refractivity contribution is 8.06. The van der Waals surface area contributed by atoms with Gasteiger partial charge in [-0.1, -0.05) is 30.3 Å². The number of carbonyl (C=O) groups excluding carboxylic acids is 1. The van der Waals surface area contributed by atoms with Crippen molar-refractivity contribution >= 4 is 28.6 Å². The average Bonchev–Trinajstić information content (AvgIpc) is 3.54. The molecule has 2 fully saturated rings. The van der Waals surface area contributed by atoms with E-state index in [1.807, 2.05) is 11.8 Å². The van der Waals surface area contributed by atoms with Crippen molar-refractivity contribution in [3.63, 3.8) is 0 Å². The lowest BCUT2D eigenvalue weighted by Crippen LogP contribution is -2.20. The second-order valence-electron chi connectivity index (χ2n) is 8.00. The Kier molecular flexibility index (Phi) is 5.10. The number of fused-ring (bicyclic) bond motifs is 1. The van der Waals surface area contributed by atoms with Gasteiger partial charge in [0, 0.05) is 66.4 Å². The lowest BCUT2D eigenvalue weighted by atomic mass is 10.0. The average molecular weight is 407 g/mol. The van der Waals surface area contributed by atoms with E-state index in [0.29, 0.717) is 17.8 Å². The molecule has 0 saturated carbocycles. The molecule has 1 atom stereocenters. The maximum absolute atomic E-state index is 11.3. The molecule has 2 aliphatic heterocycles. The fourth-order valence-electron chi connectivity index (χ4n) is 4.28. The van der Waals surface area contributed by atoms with E-state index in [1.165, 1.54) is 33.3 Å². The van der Waals surface area contributed by atoms with Crippen molar-refractivity contribution in [3.05, 3.63) is 59.8 Å². The predicted octanol–water partition coefficient (Wildman–Crippen LogP) is 5.08. The van der Waals surface area contributed by atoms with Gasteiger partial charge in [0.1, 0.15) is 0 Å². The molecule has 29 heavy (non-hydrogen) atoms. The number of hydrogen-bond acceptors (Lipinski definition) is 3. The van der Waals surface area contributed by atoms with Gasteiger partial charge in [0.15, 0.2) is 0 Å². The SMILES string of the molecule is CC(=O)NCc1ccc2c(-c3cccc(C4CS4)c3)cn(C3CCOCC3)c2c1. The summed E-state index contributed by atoms with van der Waals surface area (Å²) in [5.74, 6) is 1.24. The summed E-state index contributed by atoms with van der Waals surface area (Å²) in [6, 6.07) is 16.1. The molecule has 1 unspecified atom stereocenters. The summed E-state index contributed by atoms with van der Waals surface area (Å²) in [4.78, 5) is 11.3. The van der Waals surface area contributed by atoms with E-state index in [-0.39, 0.29) is 5.91 Å². The summed E-state index contributed by atoms with van der Waals surface area (Å²) in [5.41, 5.74) is 6.40. The molecule has 0 spiro atoms. The van der Waals surface area contributed by atoms with Crippen LogP contribution in [0.15, 0.2) is 48.7 Å². The minimum Gasteiger partial charge on any atom is -0.381 e. The zero-order chi connectivity index (χ0) is 19.8. The molecular formula is C24H26N2O2S. The van der Waals surface area contributed by atoms with Crippen LogP contribution in [0.1, 0.15) is 42.2 Å². The first-order chi connectivity index (χ1) is 14.2. The van der Waals surface area contributed by atoms with E-state index < -0.39 is 0 Å². The fourth-order valence-corrected chi connectivity index (χ4v) is 4.90. The second-order valence-corrected chi connectivity index (χ2v) is 9.24. The number of rotatable bonds is 5. The summed E-state index contributed by atoms with van der Waals surface area (Å²) in [5, 5.41) is 4.87. The topological polar surface area (TPSA) is 43.3 Å². The standard InChI is InChI=1S/C24H26N2O2S/c1-16(27)25-13-17-5-6-21-22(18-3-2-4-19(12-18)24-15-29-24)14-26(23(21)11-17)20-7-9-28-10-8-20/h2-6,11-12,14,20,24H,7-10,13,15H2,1H3,(H,25,27).